The summed E-state index contributed by atoms with van der Waals surface area (Å²) in [6, 6.07) is 8.35. The van der Waals surface area contributed by atoms with Crippen LogP contribution in [0.25, 0.3) is 0 Å². The van der Waals surface area contributed by atoms with Gasteiger partial charge in [-0.2, -0.15) is 11.8 Å². The Morgan fingerprint density at radius 2 is 2.27 bits per heavy atom. The molecule has 0 aliphatic carbocycles. The van der Waals surface area contributed by atoms with Crippen LogP contribution in [0.4, 0.5) is 0 Å². The Kier molecular flexibility index (Phi) is 3.71. The normalized spacial score (nSPS) is 22.9. The number of hydrogen-bond acceptors (Lipinski definition) is 2. The van der Waals surface area contributed by atoms with Crippen molar-refractivity contribution in [3.05, 3.63) is 35.4 Å². The van der Waals surface area contributed by atoms with E-state index < -0.39 is 0 Å². The Balaban J connectivity index is 1.99. The van der Waals surface area contributed by atoms with Crippen molar-refractivity contribution in [2.24, 2.45) is 5.92 Å². The highest BCUT2D eigenvalue weighted by Crippen LogP contribution is 2.28. The Bertz CT molecular complexity index is 318. The molecule has 1 fully saturated rings. The number of thioether (sulfide) groups is 1. The van der Waals surface area contributed by atoms with Crippen molar-refractivity contribution in [1.29, 1.82) is 0 Å². The largest absolute Gasteiger partial charge is 0.392 e. The van der Waals surface area contributed by atoms with E-state index in [0.29, 0.717) is 5.92 Å². The van der Waals surface area contributed by atoms with Crippen LogP contribution in [0.2, 0.25) is 0 Å². The summed E-state index contributed by atoms with van der Waals surface area (Å²) in [5, 5.41) is 10.1. The van der Waals surface area contributed by atoms with Crippen molar-refractivity contribution in [2.45, 2.75) is 25.9 Å². The molecule has 0 amide bonds. The Labute approximate surface area is 95.9 Å². The molecule has 1 nitrogen and oxygen atoms in total. The molecule has 2 unspecified atom stereocenters. The van der Waals surface area contributed by atoms with Gasteiger partial charge in [-0.1, -0.05) is 24.3 Å². The minimum atomic E-state index is -0.152. The predicted octanol–water partition coefficient (Wildman–Crippen LogP) is 2.65. The summed E-state index contributed by atoms with van der Waals surface area (Å²) in [6.07, 6.45) is 1.84. The average Bonchev–Trinajstić information content (AvgIpc) is 2.74. The highest BCUT2D eigenvalue weighted by Gasteiger charge is 2.23. The lowest BCUT2D eigenvalue weighted by Gasteiger charge is -2.17. The molecule has 1 N–H and O–H groups in total. The molecule has 1 heterocycles. The Hall–Kier alpha value is -0.470. The zero-order chi connectivity index (χ0) is 10.7. The van der Waals surface area contributed by atoms with Crippen LogP contribution in [0.1, 0.15) is 17.5 Å². The van der Waals surface area contributed by atoms with Crippen molar-refractivity contribution in [3.63, 3.8) is 0 Å². The van der Waals surface area contributed by atoms with Crippen LogP contribution in [0.3, 0.4) is 0 Å². The Morgan fingerprint density at radius 3 is 2.93 bits per heavy atom. The third-order valence-corrected chi connectivity index (χ3v) is 4.39. The van der Waals surface area contributed by atoms with E-state index in [1.807, 2.05) is 11.8 Å². The molecule has 0 saturated carbocycles. The summed E-state index contributed by atoms with van der Waals surface area (Å²) in [7, 11) is 0. The lowest BCUT2D eigenvalue weighted by atomic mass is 9.94. The van der Waals surface area contributed by atoms with Gasteiger partial charge in [0.2, 0.25) is 0 Å². The van der Waals surface area contributed by atoms with Crippen molar-refractivity contribution in [2.75, 3.05) is 11.5 Å². The summed E-state index contributed by atoms with van der Waals surface area (Å²) in [5.41, 5.74) is 2.59. The van der Waals surface area contributed by atoms with E-state index in [4.69, 9.17) is 0 Å². The number of aliphatic hydroxyl groups excluding tert-OH is 1. The first-order chi connectivity index (χ1) is 7.27. The first-order valence-corrected chi connectivity index (χ1v) is 6.73. The standard InChI is InChI=1S/C13H18OS/c1-10-4-2-3-5-11(10)8-13(14)12-6-7-15-9-12/h2-5,12-14H,6-9H2,1H3. The van der Waals surface area contributed by atoms with Gasteiger partial charge in [0.05, 0.1) is 6.10 Å². The van der Waals surface area contributed by atoms with E-state index >= 15 is 0 Å². The van der Waals surface area contributed by atoms with E-state index in [-0.39, 0.29) is 6.10 Å². The first-order valence-electron chi connectivity index (χ1n) is 5.57. The van der Waals surface area contributed by atoms with E-state index in [9.17, 15) is 5.11 Å². The SMILES string of the molecule is Cc1ccccc1CC(O)C1CCSC1. The van der Waals surface area contributed by atoms with Crippen LogP contribution in [0.5, 0.6) is 0 Å². The molecule has 2 rings (SSSR count). The fourth-order valence-electron chi connectivity index (χ4n) is 2.09. The molecule has 2 atom stereocenters. The van der Waals surface area contributed by atoms with E-state index in [2.05, 4.69) is 31.2 Å². The van der Waals surface area contributed by atoms with Crippen LogP contribution in [-0.4, -0.2) is 22.7 Å². The van der Waals surface area contributed by atoms with Crippen molar-refractivity contribution >= 4 is 11.8 Å². The second-order valence-corrected chi connectivity index (χ2v) is 5.47. The van der Waals surface area contributed by atoms with Gasteiger partial charge in [0.25, 0.3) is 0 Å². The van der Waals surface area contributed by atoms with Gasteiger partial charge in [-0.25, -0.2) is 0 Å². The second kappa shape index (κ2) is 5.04. The summed E-state index contributed by atoms with van der Waals surface area (Å²) >= 11 is 1.97. The average molecular weight is 222 g/mol. The van der Waals surface area contributed by atoms with Crippen LogP contribution in [0, 0.1) is 12.8 Å². The number of aliphatic hydroxyl groups is 1. The molecule has 1 aromatic rings. The molecular formula is C13H18OS. The molecule has 0 radical (unpaired) electrons. The minimum Gasteiger partial charge on any atom is -0.392 e. The smallest absolute Gasteiger partial charge is 0.0616 e. The van der Waals surface area contributed by atoms with Crippen LogP contribution in [-0.2, 0) is 6.42 Å². The fraction of sp³-hybridized carbons (Fsp3) is 0.538. The number of rotatable bonds is 3. The predicted molar refractivity (Wildman–Crippen MR) is 66.3 cm³/mol. The van der Waals surface area contributed by atoms with Gasteiger partial charge in [0.1, 0.15) is 0 Å². The lowest BCUT2D eigenvalue weighted by molar-refractivity contribution is 0.120. The fourth-order valence-corrected chi connectivity index (χ4v) is 3.41. The maximum Gasteiger partial charge on any atom is 0.0616 e. The summed E-state index contributed by atoms with van der Waals surface area (Å²) in [6.45, 7) is 2.12. The minimum absolute atomic E-state index is 0.152. The number of hydrogen-bond donors (Lipinski definition) is 1. The highest BCUT2D eigenvalue weighted by atomic mass is 32.2. The van der Waals surface area contributed by atoms with Gasteiger partial charge < -0.3 is 5.11 Å². The molecule has 0 aromatic heterocycles. The molecule has 2 heteroatoms. The highest BCUT2D eigenvalue weighted by molar-refractivity contribution is 7.99. The molecule has 1 aliphatic heterocycles. The van der Waals surface area contributed by atoms with Crippen LogP contribution in [0.15, 0.2) is 24.3 Å². The second-order valence-electron chi connectivity index (χ2n) is 4.32. The zero-order valence-corrected chi connectivity index (χ0v) is 9.96. The van der Waals surface area contributed by atoms with Gasteiger partial charge in [-0.3, -0.25) is 0 Å². The molecule has 0 spiro atoms. The maximum atomic E-state index is 10.1. The summed E-state index contributed by atoms with van der Waals surface area (Å²) < 4.78 is 0. The molecule has 82 valence electrons. The van der Waals surface area contributed by atoms with Gasteiger partial charge in [-0.15, -0.1) is 0 Å². The molecule has 1 aromatic carbocycles. The third kappa shape index (κ3) is 2.76. The van der Waals surface area contributed by atoms with Crippen molar-refractivity contribution in [3.8, 4) is 0 Å². The van der Waals surface area contributed by atoms with Crippen LogP contribution < -0.4 is 0 Å². The van der Waals surface area contributed by atoms with Gasteiger partial charge in [0.15, 0.2) is 0 Å². The van der Waals surface area contributed by atoms with E-state index in [1.165, 1.54) is 23.3 Å². The van der Waals surface area contributed by atoms with Crippen LogP contribution >= 0.6 is 11.8 Å². The number of aryl methyl sites for hydroxylation is 1. The molecular weight excluding hydrogens is 204 g/mol. The Morgan fingerprint density at radius 1 is 1.47 bits per heavy atom. The van der Waals surface area contributed by atoms with Gasteiger partial charge in [-0.05, 0) is 48.3 Å². The number of benzene rings is 1. The monoisotopic (exact) mass is 222 g/mol. The molecule has 15 heavy (non-hydrogen) atoms. The van der Waals surface area contributed by atoms with Crippen molar-refractivity contribution < 1.29 is 5.11 Å². The van der Waals surface area contributed by atoms with E-state index in [0.717, 1.165) is 12.2 Å². The zero-order valence-electron chi connectivity index (χ0n) is 9.15. The summed E-state index contributed by atoms with van der Waals surface area (Å²) in [4.78, 5) is 0. The third-order valence-electron chi connectivity index (χ3n) is 3.20. The summed E-state index contributed by atoms with van der Waals surface area (Å²) in [5.74, 6) is 2.86. The van der Waals surface area contributed by atoms with Gasteiger partial charge in [0, 0.05) is 0 Å². The quantitative estimate of drug-likeness (QED) is 0.848. The molecule has 0 bridgehead atoms. The first kappa shape index (κ1) is 11.0. The topological polar surface area (TPSA) is 20.2 Å². The van der Waals surface area contributed by atoms with Crippen molar-refractivity contribution in [1.82, 2.24) is 0 Å². The molecule has 1 saturated heterocycles. The van der Waals surface area contributed by atoms with E-state index in [1.54, 1.807) is 0 Å². The lowest BCUT2D eigenvalue weighted by Crippen LogP contribution is -2.22. The molecule has 1 aliphatic rings. The maximum absolute atomic E-state index is 10.1. The van der Waals surface area contributed by atoms with Gasteiger partial charge >= 0.3 is 0 Å².